The highest BCUT2D eigenvalue weighted by Gasteiger charge is 2.49. The second-order valence-electron chi connectivity index (χ2n) is 7.49. The fourth-order valence-electron chi connectivity index (χ4n) is 3.40. The summed E-state index contributed by atoms with van der Waals surface area (Å²) in [5.41, 5.74) is 0. The van der Waals surface area contributed by atoms with Crippen molar-refractivity contribution in [3.8, 4) is 0 Å². The van der Waals surface area contributed by atoms with E-state index in [1.54, 1.807) is 6.08 Å². The molecule has 2 rings (SSSR count). The van der Waals surface area contributed by atoms with E-state index in [-0.39, 0.29) is 5.04 Å². The molecule has 0 atom stereocenters. The summed E-state index contributed by atoms with van der Waals surface area (Å²) in [4.78, 5) is 0. The number of hydrogen-bond acceptors (Lipinski definition) is 3. The van der Waals surface area contributed by atoms with E-state index < -0.39 is 8.32 Å². The van der Waals surface area contributed by atoms with Gasteiger partial charge in [0.25, 0.3) is 8.32 Å². The van der Waals surface area contributed by atoms with E-state index in [1.165, 1.54) is 10.4 Å². The largest absolute Gasteiger partial charge is 0.405 e. The molecule has 0 heterocycles. The molecule has 0 fully saturated rings. The molecule has 2 aromatic rings. The molecule has 0 N–H and O–H groups in total. The van der Waals surface area contributed by atoms with Gasteiger partial charge in [-0.05, 0) is 15.4 Å². The van der Waals surface area contributed by atoms with Crippen LogP contribution in [0.15, 0.2) is 73.3 Å². The van der Waals surface area contributed by atoms with E-state index in [4.69, 9.17) is 13.9 Å². The fraction of sp³-hybridized carbons (Fsp3) is 0.391. The van der Waals surface area contributed by atoms with Crippen molar-refractivity contribution < 1.29 is 13.9 Å². The van der Waals surface area contributed by atoms with Gasteiger partial charge in [0.15, 0.2) is 0 Å². The van der Waals surface area contributed by atoms with Crippen molar-refractivity contribution in [1.82, 2.24) is 0 Å². The molecule has 3 nitrogen and oxygen atoms in total. The highest BCUT2D eigenvalue weighted by Crippen LogP contribution is 2.36. The van der Waals surface area contributed by atoms with E-state index in [1.807, 2.05) is 0 Å². The maximum atomic E-state index is 6.75. The maximum Gasteiger partial charge on any atom is 0.261 e. The summed E-state index contributed by atoms with van der Waals surface area (Å²) in [6.07, 6.45) is 1.74. The Hall–Kier alpha value is -1.72. The van der Waals surface area contributed by atoms with Crippen LogP contribution in [0, 0.1) is 0 Å². The minimum Gasteiger partial charge on any atom is -0.405 e. The molecular formula is C23H32O3Si. The lowest BCUT2D eigenvalue weighted by atomic mass is 10.2. The molecule has 0 aliphatic rings. The Morgan fingerprint density at radius 2 is 1.26 bits per heavy atom. The van der Waals surface area contributed by atoms with E-state index in [2.05, 4.69) is 88.0 Å². The average molecular weight is 385 g/mol. The van der Waals surface area contributed by atoms with Crippen LogP contribution in [0.4, 0.5) is 0 Å². The van der Waals surface area contributed by atoms with Crippen LogP contribution in [0.1, 0.15) is 20.8 Å². The number of hydrogen-bond donors (Lipinski definition) is 0. The summed E-state index contributed by atoms with van der Waals surface area (Å²) in [5, 5.41) is 2.57. The Kier molecular flexibility index (Phi) is 8.45. The van der Waals surface area contributed by atoms with Gasteiger partial charge in [-0.25, -0.2) is 0 Å². The first-order chi connectivity index (χ1) is 13.0. The van der Waals surface area contributed by atoms with Crippen LogP contribution in [0.3, 0.4) is 0 Å². The molecule has 0 unspecified atom stereocenters. The monoisotopic (exact) mass is 384 g/mol. The third-order valence-electron chi connectivity index (χ3n) is 4.57. The van der Waals surface area contributed by atoms with E-state index in [9.17, 15) is 0 Å². The predicted octanol–water partition coefficient (Wildman–Crippen LogP) is 3.78. The molecular weight excluding hydrogens is 352 g/mol. The Morgan fingerprint density at radius 3 is 1.74 bits per heavy atom. The first-order valence-corrected chi connectivity index (χ1v) is 11.4. The lowest BCUT2D eigenvalue weighted by molar-refractivity contribution is 0.0435. The van der Waals surface area contributed by atoms with Gasteiger partial charge >= 0.3 is 0 Å². The molecule has 0 saturated heterocycles. The number of ether oxygens (including phenoxy) is 2. The molecule has 2 aromatic carbocycles. The number of rotatable bonds is 11. The van der Waals surface area contributed by atoms with Crippen LogP contribution in [-0.4, -0.2) is 41.4 Å². The summed E-state index contributed by atoms with van der Waals surface area (Å²) in [5.74, 6) is 0. The predicted molar refractivity (Wildman–Crippen MR) is 115 cm³/mol. The fourth-order valence-corrected chi connectivity index (χ4v) is 7.95. The standard InChI is InChI=1S/C23H32O3Si/c1-5-16-24-17-18-25-19-20-26-27(23(2,3)4,21-12-8-6-9-13-21)22-14-10-7-11-15-22/h5-15H,1,16-20H2,2-4H3. The third kappa shape index (κ3) is 5.63. The Bertz CT molecular complexity index is 626. The summed E-state index contributed by atoms with van der Waals surface area (Å²) >= 11 is 0. The minimum absolute atomic E-state index is 0.0111. The molecule has 0 bridgehead atoms. The van der Waals surface area contributed by atoms with Crippen molar-refractivity contribution in [2.75, 3.05) is 33.0 Å². The normalized spacial score (nSPS) is 12.1. The van der Waals surface area contributed by atoms with Crippen molar-refractivity contribution in [1.29, 1.82) is 0 Å². The first-order valence-electron chi connectivity index (χ1n) is 9.54. The molecule has 27 heavy (non-hydrogen) atoms. The second kappa shape index (κ2) is 10.6. The van der Waals surface area contributed by atoms with Crippen molar-refractivity contribution >= 4 is 18.7 Å². The van der Waals surface area contributed by atoms with Gasteiger partial charge < -0.3 is 13.9 Å². The maximum absolute atomic E-state index is 6.75. The van der Waals surface area contributed by atoms with Crippen molar-refractivity contribution in [2.45, 2.75) is 25.8 Å². The highest BCUT2D eigenvalue weighted by molar-refractivity contribution is 6.99. The SMILES string of the molecule is C=CCOCCOCCO[Si](c1ccccc1)(c1ccccc1)C(C)(C)C. The lowest BCUT2D eigenvalue weighted by Gasteiger charge is -2.43. The van der Waals surface area contributed by atoms with Crippen LogP contribution in [0.2, 0.25) is 5.04 Å². The molecule has 146 valence electrons. The Morgan fingerprint density at radius 1 is 0.778 bits per heavy atom. The number of benzene rings is 2. The second-order valence-corrected chi connectivity index (χ2v) is 11.8. The molecule has 4 heteroatoms. The first kappa shape index (κ1) is 21.6. The molecule has 0 amide bonds. The van der Waals surface area contributed by atoms with Crippen LogP contribution in [-0.2, 0) is 13.9 Å². The van der Waals surface area contributed by atoms with Gasteiger partial charge in [-0.15, -0.1) is 6.58 Å². The topological polar surface area (TPSA) is 27.7 Å². The van der Waals surface area contributed by atoms with Crippen LogP contribution < -0.4 is 10.4 Å². The van der Waals surface area contributed by atoms with Gasteiger partial charge in [-0.2, -0.15) is 0 Å². The van der Waals surface area contributed by atoms with Crippen LogP contribution in [0.25, 0.3) is 0 Å². The van der Waals surface area contributed by atoms with Crippen LogP contribution >= 0.6 is 0 Å². The van der Waals surface area contributed by atoms with Gasteiger partial charge in [0.2, 0.25) is 0 Å². The zero-order chi connectivity index (χ0) is 19.6. The molecule has 0 aliphatic heterocycles. The summed E-state index contributed by atoms with van der Waals surface area (Å²) in [6.45, 7) is 13.3. The van der Waals surface area contributed by atoms with Crippen molar-refractivity contribution in [2.24, 2.45) is 0 Å². The average Bonchev–Trinajstić information content (AvgIpc) is 2.67. The molecule has 0 saturated carbocycles. The Labute approximate surface area is 165 Å². The van der Waals surface area contributed by atoms with Crippen molar-refractivity contribution in [3.63, 3.8) is 0 Å². The van der Waals surface area contributed by atoms with Gasteiger partial charge in [0.1, 0.15) is 0 Å². The zero-order valence-corrected chi connectivity index (χ0v) is 17.8. The van der Waals surface area contributed by atoms with Crippen LogP contribution in [0.5, 0.6) is 0 Å². The van der Waals surface area contributed by atoms with Gasteiger partial charge in [-0.3, -0.25) is 0 Å². The van der Waals surface area contributed by atoms with E-state index in [0.717, 1.165) is 0 Å². The lowest BCUT2D eigenvalue weighted by Crippen LogP contribution is -2.66. The van der Waals surface area contributed by atoms with Gasteiger partial charge in [0.05, 0.1) is 33.0 Å². The molecule has 0 spiro atoms. The highest BCUT2D eigenvalue weighted by atomic mass is 28.4. The molecule has 0 aliphatic carbocycles. The zero-order valence-electron chi connectivity index (χ0n) is 16.8. The minimum atomic E-state index is -2.45. The van der Waals surface area contributed by atoms with Gasteiger partial charge in [0, 0.05) is 0 Å². The summed E-state index contributed by atoms with van der Waals surface area (Å²) in [7, 11) is -2.45. The molecule has 0 aromatic heterocycles. The smallest absolute Gasteiger partial charge is 0.261 e. The Balaban J connectivity index is 2.16. The van der Waals surface area contributed by atoms with E-state index in [0.29, 0.717) is 33.0 Å². The van der Waals surface area contributed by atoms with Gasteiger partial charge in [-0.1, -0.05) is 87.5 Å². The molecule has 0 radical (unpaired) electrons. The summed E-state index contributed by atoms with van der Waals surface area (Å²) in [6, 6.07) is 21.3. The van der Waals surface area contributed by atoms with E-state index >= 15 is 0 Å². The quantitative estimate of drug-likeness (QED) is 0.335. The van der Waals surface area contributed by atoms with Crippen molar-refractivity contribution in [3.05, 3.63) is 73.3 Å². The summed E-state index contributed by atoms with van der Waals surface area (Å²) < 4.78 is 17.8. The third-order valence-corrected chi connectivity index (χ3v) is 9.61.